The molecule has 1 atom stereocenters. The Morgan fingerprint density at radius 1 is 1.26 bits per heavy atom. The van der Waals surface area contributed by atoms with Gasteiger partial charge in [0, 0.05) is 49.2 Å². The van der Waals surface area contributed by atoms with Gasteiger partial charge < -0.3 is 9.80 Å². The molecule has 1 aliphatic rings. The van der Waals surface area contributed by atoms with Gasteiger partial charge >= 0.3 is 0 Å². The molecule has 0 aliphatic carbocycles. The predicted octanol–water partition coefficient (Wildman–Crippen LogP) is 4.63. The van der Waals surface area contributed by atoms with Gasteiger partial charge in [-0.2, -0.15) is 0 Å². The standard InChI is InChI=1S/C19H24ClN3/c1-5-23(6-2)15-10-14(11-21-12-15)16-7-8-18-17(19(16)20)9-13(3)22(18)4/h7-8,10-13H,5-6,9H2,1-4H3. The van der Waals surface area contributed by atoms with Crippen LogP contribution in [0.3, 0.4) is 0 Å². The van der Waals surface area contributed by atoms with Crippen LogP contribution in [0.25, 0.3) is 11.1 Å². The molecule has 3 rings (SSSR count). The van der Waals surface area contributed by atoms with E-state index in [1.165, 1.54) is 11.3 Å². The summed E-state index contributed by atoms with van der Waals surface area (Å²) in [6, 6.07) is 7.00. The molecule has 1 aromatic heterocycles. The van der Waals surface area contributed by atoms with Gasteiger partial charge in [-0.3, -0.25) is 4.98 Å². The minimum absolute atomic E-state index is 0.498. The fourth-order valence-electron chi connectivity index (χ4n) is 3.37. The molecule has 0 bridgehead atoms. The molecule has 1 aromatic carbocycles. The van der Waals surface area contributed by atoms with Crippen molar-refractivity contribution in [3.8, 4) is 11.1 Å². The van der Waals surface area contributed by atoms with Gasteiger partial charge in [-0.15, -0.1) is 0 Å². The van der Waals surface area contributed by atoms with Gasteiger partial charge in [-0.1, -0.05) is 17.7 Å². The Morgan fingerprint density at radius 2 is 2.00 bits per heavy atom. The molecule has 1 aliphatic heterocycles. The van der Waals surface area contributed by atoms with Crippen molar-refractivity contribution in [2.24, 2.45) is 0 Å². The highest BCUT2D eigenvalue weighted by molar-refractivity contribution is 6.34. The third kappa shape index (κ3) is 2.78. The van der Waals surface area contributed by atoms with Crippen molar-refractivity contribution in [3.05, 3.63) is 41.2 Å². The second-order valence-corrected chi connectivity index (χ2v) is 6.57. The molecule has 0 radical (unpaired) electrons. The Balaban J connectivity index is 2.04. The number of benzene rings is 1. The normalized spacial score (nSPS) is 16.6. The minimum Gasteiger partial charge on any atom is -0.371 e. The summed E-state index contributed by atoms with van der Waals surface area (Å²) in [6.45, 7) is 8.51. The summed E-state index contributed by atoms with van der Waals surface area (Å²) in [5.74, 6) is 0. The van der Waals surface area contributed by atoms with E-state index in [0.717, 1.165) is 41.3 Å². The number of rotatable bonds is 4. The fraction of sp³-hybridized carbons (Fsp3) is 0.421. The van der Waals surface area contributed by atoms with Gasteiger partial charge in [0.15, 0.2) is 0 Å². The maximum atomic E-state index is 6.75. The molecule has 0 N–H and O–H groups in total. The van der Waals surface area contributed by atoms with Crippen LogP contribution in [-0.2, 0) is 6.42 Å². The molecule has 122 valence electrons. The first kappa shape index (κ1) is 16.1. The number of fused-ring (bicyclic) bond motifs is 1. The lowest BCUT2D eigenvalue weighted by molar-refractivity contribution is 0.732. The number of hydrogen-bond acceptors (Lipinski definition) is 3. The number of halogens is 1. The van der Waals surface area contributed by atoms with Gasteiger partial charge in [0.1, 0.15) is 0 Å². The van der Waals surface area contributed by atoms with Crippen LogP contribution >= 0.6 is 11.6 Å². The second-order valence-electron chi connectivity index (χ2n) is 6.19. The number of nitrogens with zero attached hydrogens (tertiary/aromatic N) is 3. The van der Waals surface area contributed by atoms with E-state index >= 15 is 0 Å². The van der Waals surface area contributed by atoms with Crippen LogP contribution in [0.15, 0.2) is 30.6 Å². The zero-order valence-corrected chi connectivity index (χ0v) is 15.1. The van der Waals surface area contributed by atoms with Crippen molar-refractivity contribution < 1.29 is 0 Å². The number of hydrogen-bond donors (Lipinski definition) is 0. The van der Waals surface area contributed by atoms with Gasteiger partial charge in [0.2, 0.25) is 0 Å². The largest absolute Gasteiger partial charge is 0.371 e. The first-order chi connectivity index (χ1) is 11.1. The lowest BCUT2D eigenvalue weighted by Gasteiger charge is -2.21. The zero-order chi connectivity index (χ0) is 16.6. The molecule has 23 heavy (non-hydrogen) atoms. The molecule has 0 spiro atoms. The van der Waals surface area contributed by atoms with E-state index in [-0.39, 0.29) is 0 Å². The Hall–Kier alpha value is -1.74. The molecule has 1 unspecified atom stereocenters. The first-order valence-electron chi connectivity index (χ1n) is 8.31. The summed E-state index contributed by atoms with van der Waals surface area (Å²) in [7, 11) is 2.13. The van der Waals surface area contributed by atoms with Gasteiger partial charge in [-0.25, -0.2) is 0 Å². The third-order valence-corrected chi connectivity index (χ3v) is 5.35. The highest BCUT2D eigenvalue weighted by atomic mass is 35.5. The van der Waals surface area contributed by atoms with Crippen LogP contribution in [0.2, 0.25) is 5.02 Å². The zero-order valence-electron chi connectivity index (χ0n) is 14.3. The fourth-order valence-corrected chi connectivity index (χ4v) is 3.71. The Kier molecular flexibility index (Phi) is 4.49. The average molecular weight is 330 g/mol. The molecule has 0 fully saturated rings. The molecular weight excluding hydrogens is 306 g/mol. The first-order valence-corrected chi connectivity index (χ1v) is 8.69. The monoisotopic (exact) mass is 329 g/mol. The van der Waals surface area contributed by atoms with E-state index in [9.17, 15) is 0 Å². The predicted molar refractivity (Wildman–Crippen MR) is 99.8 cm³/mol. The van der Waals surface area contributed by atoms with Crippen LogP contribution in [0.4, 0.5) is 11.4 Å². The maximum Gasteiger partial charge on any atom is 0.0558 e. The van der Waals surface area contributed by atoms with Crippen molar-refractivity contribution in [3.63, 3.8) is 0 Å². The molecule has 4 heteroatoms. The number of aromatic nitrogens is 1. The topological polar surface area (TPSA) is 19.4 Å². The number of pyridine rings is 1. The summed E-state index contributed by atoms with van der Waals surface area (Å²) < 4.78 is 0. The van der Waals surface area contributed by atoms with Gasteiger partial charge in [0.05, 0.1) is 16.9 Å². The summed E-state index contributed by atoms with van der Waals surface area (Å²) in [5.41, 5.74) is 5.82. The van der Waals surface area contributed by atoms with Crippen molar-refractivity contribution in [1.82, 2.24) is 4.98 Å². The van der Waals surface area contributed by atoms with Crippen LogP contribution in [0.5, 0.6) is 0 Å². The van der Waals surface area contributed by atoms with Gasteiger partial charge in [0.25, 0.3) is 0 Å². The Labute approximate surface area is 143 Å². The van der Waals surface area contributed by atoms with E-state index in [4.69, 9.17) is 11.6 Å². The molecule has 0 saturated carbocycles. The summed E-state index contributed by atoms with van der Waals surface area (Å²) in [6.07, 6.45) is 4.83. The molecule has 0 amide bonds. The van der Waals surface area contributed by atoms with Crippen molar-refractivity contribution in [1.29, 1.82) is 0 Å². The molecule has 3 nitrogen and oxygen atoms in total. The maximum absolute atomic E-state index is 6.75. The quantitative estimate of drug-likeness (QED) is 0.815. The van der Waals surface area contributed by atoms with Crippen LogP contribution in [0.1, 0.15) is 26.3 Å². The minimum atomic E-state index is 0.498. The highest BCUT2D eigenvalue weighted by Crippen LogP contribution is 2.41. The molecular formula is C19H24ClN3. The van der Waals surface area contributed by atoms with E-state index in [0.29, 0.717) is 6.04 Å². The lowest BCUT2D eigenvalue weighted by atomic mass is 10.0. The smallest absolute Gasteiger partial charge is 0.0558 e. The van der Waals surface area contributed by atoms with Crippen molar-refractivity contribution in [2.45, 2.75) is 33.2 Å². The summed E-state index contributed by atoms with van der Waals surface area (Å²) in [5, 5.41) is 0.872. The molecule has 0 saturated heterocycles. The summed E-state index contributed by atoms with van der Waals surface area (Å²) >= 11 is 6.75. The third-order valence-electron chi connectivity index (χ3n) is 4.92. The van der Waals surface area contributed by atoms with Crippen LogP contribution in [0, 0.1) is 0 Å². The Morgan fingerprint density at radius 3 is 2.70 bits per heavy atom. The lowest BCUT2D eigenvalue weighted by Crippen LogP contribution is -2.23. The van der Waals surface area contributed by atoms with Crippen molar-refractivity contribution >= 4 is 23.0 Å². The average Bonchev–Trinajstić information content (AvgIpc) is 2.85. The van der Waals surface area contributed by atoms with E-state index < -0.39 is 0 Å². The van der Waals surface area contributed by atoms with E-state index in [1.54, 1.807) is 0 Å². The highest BCUT2D eigenvalue weighted by Gasteiger charge is 2.26. The number of anilines is 2. The SMILES string of the molecule is CCN(CC)c1cncc(-c2ccc3c(c2Cl)CC(C)N3C)c1. The number of likely N-dealkylation sites (N-methyl/N-ethyl adjacent to an activating group) is 1. The van der Waals surface area contributed by atoms with Crippen LogP contribution < -0.4 is 9.80 Å². The second kappa shape index (κ2) is 6.40. The Bertz CT molecular complexity index is 710. The van der Waals surface area contributed by atoms with Crippen molar-refractivity contribution in [2.75, 3.05) is 29.9 Å². The van der Waals surface area contributed by atoms with E-state index in [1.807, 2.05) is 12.4 Å². The van der Waals surface area contributed by atoms with Gasteiger partial charge in [-0.05, 0) is 44.9 Å². The summed E-state index contributed by atoms with van der Waals surface area (Å²) in [4.78, 5) is 9.03. The molecule has 2 aromatic rings. The van der Waals surface area contributed by atoms with Crippen LogP contribution in [-0.4, -0.2) is 31.2 Å². The molecule has 2 heterocycles. The van der Waals surface area contributed by atoms with E-state index in [2.05, 4.69) is 60.8 Å².